The first-order valence-corrected chi connectivity index (χ1v) is 5.84. The zero-order valence-corrected chi connectivity index (χ0v) is 10.7. The minimum atomic E-state index is -4.46. The fourth-order valence-electron chi connectivity index (χ4n) is 1.90. The van der Waals surface area contributed by atoms with Gasteiger partial charge in [0.25, 0.3) is 0 Å². The molecule has 0 aliphatic heterocycles. The van der Waals surface area contributed by atoms with Crippen molar-refractivity contribution in [3.63, 3.8) is 0 Å². The normalized spacial score (nSPS) is 13.1. The van der Waals surface area contributed by atoms with E-state index in [-0.39, 0.29) is 5.56 Å². The molecule has 1 heterocycles. The highest BCUT2D eigenvalue weighted by molar-refractivity contribution is 5.38. The lowest BCUT2D eigenvalue weighted by atomic mass is 9.96. The topological polar surface area (TPSA) is 48.1 Å². The largest absolute Gasteiger partial charge is 0.497 e. The van der Waals surface area contributed by atoms with Crippen molar-refractivity contribution >= 4 is 0 Å². The van der Waals surface area contributed by atoms with E-state index in [4.69, 9.17) is 10.5 Å². The number of ether oxygens (including phenoxy) is 1. The van der Waals surface area contributed by atoms with Crippen LogP contribution in [-0.2, 0) is 6.18 Å². The molecule has 1 aromatic carbocycles. The number of pyridine rings is 1. The number of methoxy groups -OCH3 is 1. The zero-order valence-electron chi connectivity index (χ0n) is 10.7. The lowest BCUT2D eigenvalue weighted by Gasteiger charge is -2.18. The Kier molecular flexibility index (Phi) is 3.94. The fourth-order valence-corrected chi connectivity index (χ4v) is 1.90. The van der Waals surface area contributed by atoms with Crippen LogP contribution in [0.3, 0.4) is 0 Å². The Morgan fingerprint density at radius 3 is 2.35 bits per heavy atom. The maximum Gasteiger partial charge on any atom is 0.416 e. The van der Waals surface area contributed by atoms with E-state index in [2.05, 4.69) is 4.98 Å². The van der Waals surface area contributed by atoms with Crippen LogP contribution < -0.4 is 10.5 Å². The number of hydrogen-bond acceptors (Lipinski definition) is 3. The predicted octanol–water partition coefficient (Wildman–Crippen LogP) is 3.16. The number of halogens is 3. The molecule has 3 nitrogen and oxygen atoms in total. The van der Waals surface area contributed by atoms with Crippen LogP contribution in [0.4, 0.5) is 13.2 Å². The summed E-state index contributed by atoms with van der Waals surface area (Å²) in [7, 11) is 1.51. The summed E-state index contributed by atoms with van der Waals surface area (Å²) in [5, 5.41) is 0. The maximum absolute atomic E-state index is 12.9. The number of benzene rings is 1. The van der Waals surface area contributed by atoms with Gasteiger partial charge >= 0.3 is 6.18 Å². The molecule has 0 bridgehead atoms. The first-order chi connectivity index (χ1) is 9.43. The Bertz CT molecular complexity index is 582. The van der Waals surface area contributed by atoms with Gasteiger partial charge < -0.3 is 10.5 Å². The molecule has 0 saturated carbocycles. The lowest BCUT2D eigenvalue weighted by Crippen LogP contribution is -2.18. The number of aromatic nitrogens is 1. The lowest BCUT2D eigenvalue weighted by molar-refractivity contribution is -0.138. The molecule has 20 heavy (non-hydrogen) atoms. The van der Waals surface area contributed by atoms with Crippen LogP contribution in [0.15, 0.2) is 42.7 Å². The van der Waals surface area contributed by atoms with Crippen LogP contribution in [0.25, 0.3) is 0 Å². The van der Waals surface area contributed by atoms with E-state index >= 15 is 0 Å². The highest BCUT2D eigenvalue weighted by Crippen LogP contribution is 2.35. The van der Waals surface area contributed by atoms with Crippen molar-refractivity contribution in [2.75, 3.05) is 7.11 Å². The Balaban J connectivity index is 2.40. The van der Waals surface area contributed by atoms with Gasteiger partial charge in [-0.25, -0.2) is 0 Å². The number of alkyl halides is 3. The second-order valence-electron chi connectivity index (χ2n) is 4.21. The molecule has 0 spiro atoms. The number of hydrogen-bond donors (Lipinski definition) is 1. The van der Waals surface area contributed by atoms with Gasteiger partial charge in [-0.3, -0.25) is 4.98 Å². The number of rotatable bonds is 3. The molecular weight excluding hydrogens is 269 g/mol. The summed E-state index contributed by atoms with van der Waals surface area (Å²) < 4.78 is 43.8. The molecule has 2 aromatic rings. The molecule has 1 atom stereocenters. The molecule has 2 N–H and O–H groups in total. The third-order valence-electron chi connectivity index (χ3n) is 2.97. The van der Waals surface area contributed by atoms with Gasteiger partial charge in [-0.05, 0) is 23.8 Å². The molecule has 106 valence electrons. The molecule has 6 heteroatoms. The Hall–Kier alpha value is -2.08. The molecule has 1 aromatic heterocycles. The third-order valence-corrected chi connectivity index (χ3v) is 2.97. The van der Waals surface area contributed by atoms with Crippen molar-refractivity contribution in [2.24, 2.45) is 5.73 Å². The van der Waals surface area contributed by atoms with E-state index in [1.54, 1.807) is 24.3 Å². The first-order valence-electron chi connectivity index (χ1n) is 5.84. The van der Waals surface area contributed by atoms with Gasteiger partial charge in [0.15, 0.2) is 0 Å². The van der Waals surface area contributed by atoms with E-state index in [0.29, 0.717) is 11.3 Å². The maximum atomic E-state index is 12.9. The van der Waals surface area contributed by atoms with Crippen molar-refractivity contribution < 1.29 is 17.9 Å². The van der Waals surface area contributed by atoms with Gasteiger partial charge in [0.2, 0.25) is 0 Å². The summed E-state index contributed by atoms with van der Waals surface area (Å²) >= 11 is 0. The Labute approximate surface area is 114 Å². The highest BCUT2D eigenvalue weighted by atomic mass is 19.4. The van der Waals surface area contributed by atoms with Gasteiger partial charge in [-0.1, -0.05) is 12.1 Å². The van der Waals surface area contributed by atoms with Crippen LogP contribution in [0.2, 0.25) is 0 Å². The average Bonchev–Trinajstić information content (AvgIpc) is 2.46. The van der Waals surface area contributed by atoms with Crippen LogP contribution >= 0.6 is 0 Å². The molecule has 1 unspecified atom stereocenters. The second-order valence-corrected chi connectivity index (χ2v) is 4.21. The summed E-state index contributed by atoms with van der Waals surface area (Å²) in [4.78, 5) is 3.73. The minimum Gasteiger partial charge on any atom is -0.497 e. The van der Waals surface area contributed by atoms with E-state index in [9.17, 15) is 13.2 Å². The molecule has 2 rings (SSSR count). The van der Waals surface area contributed by atoms with E-state index in [1.807, 2.05) is 0 Å². The molecule has 0 fully saturated rings. The Morgan fingerprint density at radius 2 is 1.80 bits per heavy atom. The molecule has 0 amide bonds. The summed E-state index contributed by atoms with van der Waals surface area (Å²) in [5.74, 6) is 0.614. The van der Waals surface area contributed by atoms with Crippen molar-refractivity contribution in [1.29, 1.82) is 0 Å². The zero-order chi connectivity index (χ0) is 14.8. The Morgan fingerprint density at radius 1 is 1.15 bits per heavy atom. The molecular formula is C14H13F3N2O. The van der Waals surface area contributed by atoms with E-state index in [1.165, 1.54) is 7.11 Å². The van der Waals surface area contributed by atoms with Crippen LogP contribution in [0.1, 0.15) is 22.7 Å². The van der Waals surface area contributed by atoms with Crippen molar-refractivity contribution in [3.05, 3.63) is 59.4 Å². The van der Waals surface area contributed by atoms with E-state index < -0.39 is 17.8 Å². The summed E-state index contributed by atoms with van der Waals surface area (Å²) in [6.07, 6.45) is -2.20. The van der Waals surface area contributed by atoms with Crippen LogP contribution in [-0.4, -0.2) is 12.1 Å². The monoisotopic (exact) mass is 282 g/mol. The van der Waals surface area contributed by atoms with E-state index in [0.717, 1.165) is 18.5 Å². The van der Waals surface area contributed by atoms with Crippen molar-refractivity contribution in [3.8, 4) is 5.75 Å². The SMILES string of the molecule is COc1ccc(C(N)c2cnccc2C(F)(F)F)cc1. The fraction of sp³-hybridized carbons (Fsp3) is 0.214. The van der Waals surface area contributed by atoms with Gasteiger partial charge in [-0.2, -0.15) is 13.2 Å². The smallest absolute Gasteiger partial charge is 0.416 e. The molecule has 0 aliphatic carbocycles. The molecule has 0 aliphatic rings. The average molecular weight is 282 g/mol. The van der Waals surface area contributed by atoms with Gasteiger partial charge in [0.05, 0.1) is 18.7 Å². The van der Waals surface area contributed by atoms with Gasteiger partial charge in [0.1, 0.15) is 5.75 Å². The molecule has 0 radical (unpaired) electrons. The summed E-state index contributed by atoms with van der Waals surface area (Å²) in [6, 6.07) is 6.61. The van der Waals surface area contributed by atoms with Crippen molar-refractivity contribution in [2.45, 2.75) is 12.2 Å². The number of nitrogens with two attached hydrogens (primary N) is 1. The van der Waals surface area contributed by atoms with Gasteiger partial charge in [0, 0.05) is 18.0 Å². The van der Waals surface area contributed by atoms with Crippen molar-refractivity contribution in [1.82, 2.24) is 4.98 Å². The quantitative estimate of drug-likeness (QED) is 0.940. The third kappa shape index (κ3) is 2.91. The standard InChI is InChI=1S/C14H13F3N2O/c1-20-10-4-2-9(3-5-10)13(18)11-8-19-7-6-12(11)14(15,16)17/h2-8,13H,18H2,1H3. The second kappa shape index (κ2) is 5.50. The predicted molar refractivity (Wildman–Crippen MR) is 68.3 cm³/mol. The summed E-state index contributed by atoms with van der Waals surface area (Å²) in [6.45, 7) is 0. The van der Waals surface area contributed by atoms with Gasteiger partial charge in [-0.15, -0.1) is 0 Å². The number of nitrogens with zero attached hydrogens (tertiary/aromatic N) is 1. The molecule has 0 saturated heterocycles. The van der Waals surface area contributed by atoms with Crippen LogP contribution in [0, 0.1) is 0 Å². The highest BCUT2D eigenvalue weighted by Gasteiger charge is 2.34. The minimum absolute atomic E-state index is 0.0508. The summed E-state index contributed by atoms with van der Waals surface area (Å²) in [5.41, 5.74) is 5.67. The van der Waals surface area contributed by atoms with Crippen LogP contribution in [0.5, 0.6) is 5.75 Å². The first kappa shape index (κ1) is 14.3.